The standard InChI is InChI=1S/C31H48O3/c1-20-13-16-31(27(33)34-8)18-17-28(3,4)19-24(31)22(20)10-11-23-21(2)9-12-25-29(5,6)26(32)14-15-30(23,25)7/h10-11,24-26,32H,9,12-19H2,1-8H3/b11-10+/t24-,25-,26-,30+,31+/m0/s1. The molecular formula is C31H48O3. The maximum absolute atomic E-state index is 13.2. The maximum atomic E-state index is 13.2. The molecule has 0 amide bonds. The van der Waals surface area contributed by atoms with Crippen LogP contribution in [-0.4, -0.2) is 24.3 Å². The normalized spacial score (nSPS) is 39.6. The Morgan fingerprint density at radius 1 is 0.941 bits per heavy atom. The molecule has 3 heteroatoms. The number of rotatable bonds is 3. The third-order valence-electron chi connectivity index (χ3n) is 10.9. The van der Waals surface area contributed by atoms with E-state index in [1.54, 1.807) is 7.11 Å². The van der Waals surface area contributed by atoms with E-state index in [0.717, 1.165) is 57.8 Å². The Labute approximate surface area is 208 Å². The minimum Gasteiger partial charge on any atom is -0.469 e. The van der Waals surface area contributed by atoms with E-state index in [1.807, 2.05) is 0 Å². The molecule has 0 aromatic carbocycles. The number of carbonyl (C=O) groups is 1. The van der Waals surface area contributed by atoms with Crippen molar-refractivity contribution in [2.45, 2.75) is 112 Å². The van der Waals surface area contributed by atoms with Crippen molar-refractivity contribution in [3.05, 3.63) is 34.4 Å². The van der Waals surface area contributed by atoms with Gasteiger partial charge in [-0.05, 0) is 105 Å². The van der Waals surface area contributed by atoms with Crippen molar-refractivity contribution in [3.63, 3.8) is 0 Å². The molecule has 1 N–H and O–H groups in total. The summed E-state index contributed by atoms with van der Waals surface area (Å²) in [4.78, 5) is 13.2. The largest absolute Gasteiger partial charge is 0.469 e. The molecule has 0 heterocycles. The summed E-state index contributed by atoms with van der Waals surface area (Å²) < 4.78 is 5.41. The molecule has 4 aliphatic rings. The van der Waals surface area contributed by atoms with Gasteiger partial charge in [0.05, 0.1) is 18.6 Å². The van der Waals surface area contributed by atoms with Crippen LogP contribution < -0.4 is 0 Å². The van der Waals surface area contributed by atoms with E-state index < -0.39 is 0 Å². The van der Waals surface area contributed by atoms with Gasteiger partial charge < -0.3 is 9.84 Å². The molecule has 0 radical (unpaired) electrons. The molecule has 5 atom stereocenters. The zero-order valence-electron chi connectivity index (χ0n) is 23.0. The Hall–Kier alpha value is -1.35. The first kappa shape index (κ1) is 25.7. The number of methoxy groups -OCH3 is 1. The van der Waals surface area contributed by atoms with E-state index >= 15 is 0 Å². The molecule has 4 rings (SSSR count). The number of ether oxygens (including phenoxy) is 1. The highest BCUT2D eigenvalue weighted by atomic mass is 16.5. The second-order valence-corrected chi connectivity index (χ2v) is 13.7. The molecule has 0 aromatic rings. The first-order valence-corrected chi connectivity index (χ1v) is 13.6. The highest BCUT2D eigenvalue weighted by Crippen LogP contribution is 2.61. The quantitative estimate of drug-likeness (QED) is 0.435. The maximum Gasteiger partial charge on any atom is 0.312 e. The van der Waals surface area contributed by atoms with Gasteiger partial charge in [0.15, 0.2) is 0 Å². The molecule has 0 unspecified atom stereocenters. The van der Waals surface area contributed by atoms with Crippen LogP contribution in [0.25, 0.3) is 0 Å². The van der Waals surface area contributed by atoms with Gasteiger partial charge >= 0.3 is 5.97 Å². The fraction of sp³-hybridized carbons (Fsp3) is 0.774. The van der Waals surface area contributed by atoms with E-state index in [1.165, 1.54) is 22.3 Å². The third kappa shape index (κ3) is 3.94. The van der Waals surface area contributed by atoms with Gasteiger partial charge in [-0.1, -0.05) is 57.9 Å². The number of allylic oxidation sites excluding steroid dienone is 6. The van der Waals surface area contributed by atoms with Gasteiger partial charge in [-0.15, -0.1) is 0 Å². The molecule has 0 bridgehead atoms. The minimum atomic E-state index is -0.372. The molecule has 34 heavy (non-hydrogen) atoms. The van der Waals surface area contributed by atoms with Crippen molar-refractivity contribution >= 4 is 5.97 Å². The van der Waals surface area contributed by atoms with Crippen LogP contribution in [-0.2, 0) is 9.53 Å². The van der Waals surface area contributed by atoms with Gasteiger partial charge in [-0.3, -0.25) is 4.79 Å². The smallest absolute Gasteiger partial charge is 0.312 e. The zero-order valence-corrected chi connectivity index (χ0v) is 23.0. The molecule has 3 nitrogen and oxygen atoms in total. The number of fused-ring (bicyclic) bond motifs is 2. The minimum absolute atomic E-state index is 0.00509. The molecule has 4 aliphatic carbocycles. The van der Waals surface area contributed by atoms with Crippen molar-refractivity contribution < 1.29 is 14.6 Å². The van der Waals surface area contributed by atoms with Crippen molar-refractivity contribution in [3.8, 4) is 0 Å². The summed E-state index contributed by atoms with van der Waals surface area (Å²) in [6.07, 6.45) is 13.7. The Balaban J connectivity index is 1.74. The molecule has 0 aromatic heterocycles. The second-order valence-electron chi connectivity index (χ2n) is 13.7. The predicted molar refractivity (Wildman–Crippen MR) is 139 cm³/mol. The lowest BCUT2D eigenvalue weighted by molar-refractivity contribution is -0.161. The fourth-order valence-electron chi connectivity index (χ4n) is 8.49. The van der Waals surface area contributed by atoms with Gasteiger partial charge in [-0.25, -0.2) is 0 Å². The number of carbonyl (C=O) groups excluding carboxylic acids is 1. The summed E-state index contributed by atoms with van der Waals surface area (Å²) in [7, 11) is 1.56. The molecule has 0 saturated heterocycles. The first-order valence-electron chi connectivity index (χ1n) is 13.6. The first-order chi connectivity index (χ1) is 15.8. The SMILES string of the molecule is COC(=O)[C@@]12CCC(C)=C(/C=C/C3=C(C)CC[C@H]4C(C)(C)[C@@H](O)CC[C@]34C)[C@@H]1CC(C)(C)CC2. The molecule has 2 saturated carbocycles. The van der Waals surface area contributed by atoms with Gasteiger partial charge in [0.2, 0.25) is 0 Å². The molecule has 190 valence electrons. The van der Waals surface area contributed by atoms with Crippen LogP contribution in [0.3, 0.4) is 0 Å². The summed E-state index contributed by atoms with van der Waals surface area (Å²) in [5, 5.41) is 10.8. The van der Waals surface area contributed by atoms with Crippen molar-refractivity contribution in [1.29, 1.82) is 0 Å². The topological polar surface area (TPSA) is 46.5 Å². The highest BCUT2D eigenvalue weighted by molar-refractivity contribution is 5.78. The summed E-state index contributed by atoms with van der Waals surface area (Å²) in [6.45, 7) is 16.3. The lowest BCUT2D eigenvalue weighted by atomic mass is 9.49. The third-order valence-corrected chi connectivity index (χ3v) is 10.9. The lowest BCUT2D eigenvalue weighted by Crippen LogP contribution is -2.51. The van der Waals surface area contributed by atoms with E-state index in [0.29, 0.717) is 5.92 Å². The summed E-state index contributed by atoms with van der Waals surface area (Å²) in [5.41, 5.74) is 5.69. The predicted octanol–water partition coefficient (Wildman–Crippen LogP) is 7.55. The van der Waals surface area contributed by atoms with E-state index in [9.17, 15) is 9.90 Å². The van der Waals surface area contributed by atoms with Crippen molar-refractivity contribution in [2.75, 3.05) is 7.11 Å². The van der Waals surface area contributed by atoms with Crippen molar-refractivity contribution in [1.82, 2.24) is 0 Å². The van der Waals surface area contributed by atoms with Crippen LogP contribution in [0.15, 0.2) is 34.4 Å². The molecular weight excluding hydrogens is 420 g/mol. The van der Waals surface area contributed by atoms with Gasteiger partial charge in [0, 0.05) is 5.92 Å². The van der Waals surface area contributed by atoms with Crippen LogP contribution in [0.1, 0.15) is 106 Å². The zero-order chi connectivity index (χ0) is 25.1. The molecule has 0 spiro atoms. The Kier molecular flexibility index (Phi) is 6.54. The van der Waals surface area contributed by atoms with Gasteiger partial charge in [-0.2, -0.15) is 0 Å². The van der Waals surface area contributed by atoms with Crippen LogP contribution in [0.5, 0.6) is 0 Å². The summed E-state index contributed by atoms with van der Waals surface area (Å²) >= 11 is 0. The van der Waals surface area contributed by atoms with Gasteiger partial charge in [0.1, 0.15) is 0 Å². The number of hydrogen-bond donors (Lipinski definition) is 1. The average Bonchev–Trinajstić information content (AvgIpc) is 2.76. The fourth-order valence-corrected chi connectivity index (χ4v) is 8.49. The van der Waals surface area contributed by atoms with Gasteiger partial charge in [0.25, 0.3) is 0 Å². The molecule has 2 fully saturated rings. The Morgan fingerprint density at radius 3 is 2.32 bits per heavy atom. The second kappa shape index (κ2) is 8.64. The van der Waals surface area contributed by atoms with E-state index in [-0.39, 0.29) is 39.7 Å². The van der Waals surface area contributed by atoms with Crippen LogP contribution >= 0.6 is 0 Å². The summed E-state index contributed by atoms with van der Waals surface area (Å²) in [6, 6.07) is 0. The van der Waals surface area contributed by atoms with E-state index in [2.05, 4.69) is 60.6 Å². The van der Waals surface area contributed by atoms with Crippen molar-refractivity contribution in [2.24, 2.45) is 33.5 Å². The summed E-state index contributed by atoms with van der Waals surface area (Å²) in [5.74, 6) is 0.706. The monoisotopic (exact) mass is 468 g/mol. The number of aliphatic hydroxyl groups excluding tert-OH is 1. The van der Waals surface area contributed by atoms with Crippen LogP contribution in [0.2, 0.25) is 0 Å². The number of esters is 1. The average molecular weight is 469 g/mol. The van der Waals surface area contributed by atoms with Crippen LogP contribution in [0.4, 0.5) is 0 Å². The Bertz CT molecular complexity index is 932. The van der Waals surface area contributed by atoms with Crippen LogP contribution in [0, 0.1) is 33.5 Å². The van der Waals surface area contributed by atoms with E-state index in [4.69, 9.17) is 4.74 Å². The molecule has 0 aliphatic heterocycles. The number of hydrogen-bond acceptors (Lipinski definition) is 3. The Morgan fingerprint density at radius 2 is 1.65 bits per heavy atom. The number of aliphatic hydroxyl groups is 1. The lowest BCUT2D eigenvalue weighted by Gasteiger charge is -2.56. The highest BCUT2D eigenvalue weighted by Gasteiger charge is 2.55.